The quantitative estimate of drug-likeness (QED) is 0.487. The molecule has 1 saturated heterocycles. The van der Waals surface area contributed by atoms with Gasteiger partial charge in [-0.2, -0.15) is 13.2 Å². The smallest absolute Gasteiger partial charge is 0.430 e. The molecule has 2 N–H and O–H groups in total. The lowest BCUT2D eigenvalue weighted by Gasteiger charge is -2.35. The van der Waals surface area contributed by atoms with Gasteiger partial charge in [0, 0.05) is 45.0 Å². The first-order chi connectivity index (χ1) is 18.4. The molecule has 2 aliphatic rings. The molecular weight excluding hydrogens is 535 g/mol. The van der Waals surface area contributed by atoms with Gasteiger partial charge in [0.15, 0.2) is 0 Å². The number of nitrogens with one attached hydrogen (secondary N) is 1. The number of piperidine rings is 1. The normalized spacial score (nSPS) is 19.8. The van der Waals surface area contributed by atoms with Gasteiger partial charge in [-0.15, -0.1) is 0 Å². The van der Waals surface area contributed by atoms with Crippen molar-refractivity contribution in [1.82, 2.24) is 10.2 Å². The Labute approximate surface area is 230 Å². The lowest BCUT2D eigenvalue weighted by molar-refractivity contribution is -0.261. The second-order valence-electron chi connectivity index (χ2n) is 10.4. The largest absolute Gasteiger partial charge is 0.497 e. The zero-order valence-corrected chi connectivity index (χ0v) is 22.9. The number of carbonyl (C=O) groups is 2. The maximum absolute atomic E-state index is 14.0. The number of nitrogens with zero attached hydrogens (tertiary/aromatic N) is 2. The summed E-state index contributed by atoms with van der Waals surface area (Å²) < 4.78 is 47.1. The number of rotatable bonds is 8. The van der Waals surface area contributed by atoms with Crippen LogP contribution in [-0.4, -0.2) is 68.8 Å². The molecule has 11 heteroatoms. The van der Waals surface area contributed by atoms with E-state index in [0.29, 0.717) is 22.9 Å². The van der Waals surface area contributed by atoms with Crippen molar-refractivity contribution in [3.8, 4) is 5.75 Å². The number of ether oxygens (including phenoxy) is 1. The monoisotopic (exact) mass is 567 g/mol. The molecule has 7 nitrogen and oxygen atoms in total. The van der Waals surface area contributed by atoms with E-state index in [1.807, 2.05) is 6.07 Å². The number of halogens is 4. The number of carbonyl (C=O) groups excluding carboxylic acids is 2. The van der Waals surface area contributed by atoms with Crippen LogP contribution in [0.5, 0.6) is 5.75 Å². The van der Waals surface area contributed by atoms with Gasteiger partial charge in [-0.05, 0) is 67.3 Å². The van der Waals surface area contributed by atoms with Crippen LogP contribution in [0.25, 0.3) is 0 Å². The van der Waals surface area contributed by atoms with Crippen molar-refractivity contribution in [2.24, 2.45) is 11.3 Å². The summed E-state index contributed by atoms with van der Waals surface area (Å²) in [6.45, 7) is 1.70. The highest BCUT2D eigenvalue weighted by Crippen LogP contribution is 2.61. The van der Waals surface area contributed by atoms with Crippen molar-refractivity contribution in [2.75, 3.05) is 45.7 Å². The molecule has 2 amide bonds. The summed E-state index contributed by atoms with van der Waals surface area (Å²) in [5, 5.41) is 13.7. The van der Waals surface area contributed by atoms with Crippen LogP contribution in [0.15, 0.2) is 42.5 Å². The lowest BCUT2D eigenvalue weighted by Crippen LogP contribution is -2.55. The number of alkyl halides is 3. The Morgan fingerprint density at radius 1 is 1.21 bits per heavy atom. The Balaban J connectivity index is 1.35. The highest BCUT2D eigenvalue weighted by molar-refractivity contribution is 6.34. The summed E-state index contributed by atoms with van der Waals surface area (Å²) in [4.78, 5) is 28.1. The Morgan fingerprint density at radius 3 is 2.49 bits per heavy atom. The number of amides is 2. The molecule has 1 aliphatic heterocycles. The van der Waals surface area contributed by atoms with E-state index in [0.717, 1.165) is 55.1 Å². The first-order valence-electron chi connectivity index (χ1n) is 12.8. The number of benzene rings is 2. The third kappa shape index (κ3) is 5.54. The Hall–Kier alpha value is -2.98. The van der Waals surface area contributed by atoms with Gasteiger partial charge in [0.05, 0.1) is 17.7 Å². The van der Waals surface area contributed by atoms with E-state index in [1.165, 1.54) is 26.3 Å². The Bertz CT molecular complexity index is 1230. The second-order valence-corrected chi connectivity index (χ2v) is 10.9. The average Bonchev–Trinajstić information content (AvgIpc) is 3.60. The SMILES string of the molecule is CNC(=O)c1ccc(N2CCC3(CC2)C[C@H]3CCN(C)C(=O)[C@](O)(c2cccc(OC)c2)C(F)(F)F)cc1Cl. The van der Waals surface area contributed by atoms with Crippen molar-refractivity contribution in [1.29, 1.82) is 0 Å². The molecule has 2 aromatic carbocycles. The average molecular weight is 568 g/mol. The minimum absolute atomic E-state index is 0.105. The topological polar surface area (TPSA) is 82.1 Å². The fourth-order valence-electron chi connectivity index (χ4n) is 5.67. The third-order valence-corrected chi connectivity index (χ3v) is 8.59. The van der Waals surface area contributed by atoms with Crippen molar-refractivity contribution >= 4 is 29.1 Å². The van der Waals surface area contributed by atoms with Crippen molar-refractivity contribution < 1.29 is 32.6 Å². The maximum atomic E-state index is 14.0. The molecule has 1 heterocycles. The van der Waals surface area contributed by atoms with E-state index in [-0.39, 0.29) is 23.6 Å². The van der Waals surface area contributed by atoms with E-state index >= 15 is 0 Å². The molecule has 0 bridgehead atoms. The molecule has 212 valence electrons. The fraction of sp³-hybridized carbons (Fsp3) is 0.500. The molecule has 2 aromatic rings. The molecule has 2 fully saturated rings. The zero-order chi connectivity index (χ0) is 28.6. The van der Waals surface area contributed by atoms with Gasteiger partial charge in [0.25, 0.3) is 17.4 Å². The van der Waals surface area contributed by atoms with Crippen LogP contribution in [0.2, 0.25) is 5.02 Å². The van der Waals surface area contributed by atoms with Gasteiger partial charge in [0.2, 0.25) is 0 Å². The summed E-state index contributed by atoms with van der Waals surface area (Å²) >= 11 is 6.31. The fourth-order valence-corrected chi connectivity index (χ4v) is 5.93. The van der Waals surface area contributed by atoms with E-state index in [1.54, 1.807) is 19.2 Å². The van der Waals surface area contributed by atoms with Crippen molar-refractivity contribution in [3.05, 3.63) is 58.6 Å². The number of hydrogen-bond acceptors (Lipinski definition) is 5. The molecule has 2 atom stereocenters. The lowest BCUT2D eigenvalue weighted by atomic mass is 9.89. The number of hydrogen-bond donors (Lipinski definition) is 2. The molecule has 39 heavy (non-hydrogen) atoms. The Morgan fingerprint density at radius 2 is 1.90 bits per heavy atom. The minimum Gasteiger partial charge on any atom is -0.497 e. The number of likely N-dealkylation sites (N-methyl/N-ethyl adjacent to an activating group) is 1. The van der Waals surface area contributed by atoms with E-state index in [9.17, 15) is 27.9 Å². The first-order valence-corrected chi connectivity index (χ1v) is 13.2. The van der Waals surface area contributed by atoms with Crippen molar-refractivity contribution in [3.63, 3.8) is 0 Å². The minimum atomic E-state index is -5.21. The van der Waals surface area contributed by atoms with Crippen molar-refractivity contribution in [2.45, 2.75) is 37.5 Å². The standard InChI is InChI=1S/C28H33ClF3N3O4/c1-33-24(36)22-8-7-20(16-23(22)29)35-13-10-26(11-14-35)17-19(26)9-12-34(2)25(37)27(38,28(30,31)32)18-5-4-6-21(15-18)39-3/h4-8,15-16,19,38H,9-14,17H2,1-3H3,(H,33,36)/t19-,27-/m1/s1. The highest BCUT2D eigenvalue weighted by Gasteiger charge is 2.62. The summed E-state index contributed by atoms with van der Waals surface area (Å²) in [5.41, 5.74) is -2.78. The number of methoxy groups -OCH3 is 1. The summed E-state index contributed by atoms with van der Waals surface area (Å²) in [6, 6.07) is 10.2. The van der Waals surface area contributed by atoms with Gasteiger partial charge in [-0.1, -0.05) is 23.7 Å². The first kappa shape index (κ1) is 29.0. The molecule has 4 rings (SSSR count). The molecule has 0 unspecified atom stereocenters. The van der Waals surface area contributed by atoms with Crippen LogP contribution in [0.4, 0.5) is 18.9 Å². The second kappa shape index (κ2) is 10.9. The maximum Gasteiger partial charge on any atom is 0.430 e. The van der Waals surface area contributed by atoms with Gasteiger partial charge >= 0.3 is 6.18 Å². The molecule has 1 spiro atoms. The molecule has 1 aliphatic carbocycles. The van der Waals surface area contributed by atoms with Gasteiger partial charge < -0.3 is 25.0 Å². The molecule has 0 radical (unpaired) electrons. The van der Waals surface area contributed by atoms with Crippen LogP contribution < -0.4 is 15.0 Å². The van der Waals surface area contributed by atoms with E-state index in [2.05, 4.69) is 10.2 Å². The molecule has 0 aromatic heterocycles. The Kier molecular flexibility index (Phi) is 8.10. The number of anilines is 1. The van der Waals surface area contributed by atoms with Gasteiger partial charge in [-0.25, -0.2) is 0 Å². The van der Waals surface area contributed by atoms with Crippen LogP contribution in [-0.2, 0) is 10.4 Å². The molecular formula is C28H33ClF3N3O4. The summed E-state index contributed by atoms with van der Waals surface area (Å²) in [5.74, 6) is -1.25. The summed E-state index contributed by atoms with van der Waals surface area (Å²) in [6.07, 6.45) is -1.86. The third-order valence-electron chi connectivity index (χ3n) is 8.27. The van der Waals surface area contributed by atoms with Crippen LogP contribution in [0.3, 0.4) is 0 Å². The van der Waals surface area contributed by atoms with E-state index in [4.69, 9.17) is 16.3 Å². The van der Waals surface area contributed by atoms with E-state index < -0.39 is 23.2 Å². The highest BCUT2D eigenvalue weighted by atomic mass is 35.5. The van der Waals surface area contributed by atoms with Crippen LogP contribution in [0.1, 0.15) is 41.6 Å². The van der Waals surface area contributed by atoms with Crippen LogP contribution in [0, 0.1) is 11.3 Å². The predicted molar refractivity (Wildman–Crippen MR) is 142 cm³/mol. The molecule has 1 saturated carbocycles. The van der Waals surface area contributed by atoms with Gasteiger partial charge in [-0.3, -0.25) is 9.59 Å². The predicted octanol–water partition coefficient (Wildman–Crippen LogP) is 4.61. The van der Waals surface area contributed by atoms with Gasteiger partial charge in [0.1, 0.15) is 5.75 Å². The summed E-state index contributed by atoms with van der Waals surface area (Å²) in [7, 11) is 4.14. The zero-order valence-electron chi connectivity index (χ0n) is 22.1. The number of aliphatic hydroxyl groups is 1. The van der Waals surface area contributed by atoms with Crippen LogP contribution >= 0.6 is 11.6 Å².